The van der Waals surface area contributed by atoms with Gasteiger partial charge in [-0.1, -0.05) is 45.0 Å². The van der Waals surface area contributed by atoms with Crippen molar-refractivity contribution in [2.24, 2.45) is 4.99 Å². The van der Waals surface area contributed by atoms with Crippen molar-refractivity contribution in [1.82, 2.24) is 20.7 Å². The first kappa shape index (κ1) is 23.7. The Labute approximate surface area is 180 Å². The van der Waals surface area contributed by atoms with Gasteiger partial charge in [-0.3, -0.25) is 9.89 Å². The molecule has 0 aliphatic heterocycles. The van der Waals surface area contributed by atoms with Gasteiger partial charge in [-0.2, -0.15) is 0 Å². The molecular formula is C23H37N5O2. The highest BCUT2D eigenvalue weighted by Crippen LogP contribution is 2.24. The van der Waals surface area contributed by atoms with Crippen LogP contribution in [-0.2, 0) is 19.4 Å². The third kappa shape index (κ3) is 5.98. The molecule has 0 radical (unpaired) electrons. The van der Waals surface area contributed by atoms with Crippen LogP contribution >= 0.6 is 0 Å². The molecule has 1 aromatic carbocycles. The van der Waals surface area contributed by atoms with Gasteiger partial charge in [-0.25, -0.2) is 0 Å². The van der Waals surface area contributed by atoms with E-state index in [1.807, 2.05) is 12.1 Å². The molecule has 2 aromatic rings. The number of aliphatic imine (C=N–C) groups is 1. The minimum absolute atomic E-state index is 0.210. The Morgan fingerprint density at radius 3 is 2.53 bits per heavy atom. The van der Waals surface area contributed by atoms with Crippen LogP contribution < -0.4 is 15.4 Å². The van der Waals surface area contributed by atoms with Crippen molar-refractivity contribution in [2.75, 3.05) is 33.8 Å². The van der Waals surface area contributed by atoms with Gasteiger partial charge in [0.05, 0.1) is 18.8 Å². The molecule has 0 saturated heterocycles. The number of rotatable bonds is 11. The SMILES string of the molecule is CCc1noc(CC)c1CNC(=NC)NCC(c1cccc(OC)c1)N(CC)CC. The van der Waals surface area contributed by atoms with Gasteiger partial charge < -0.3 is 19.9 Å². The van der Waals surface area contributed by atoms with Crippen LogP contribution in [0.25, 0.3) is 0 Å². The molecule has 0 amide bonds. The van der Waals surface area contributed by atoms with Crippen molar-refractivity contribution in [2.45, 2.75) is 53.1 Å². The lowest BCUT2D eigenvalue weighted by atomic mass is 10.0. The van der Waals surface area contributed by atoms with E-state index in [-0.39, 0.29) is 6.04 Å². The van der Waals surface area contributed by atoms with Crippen LogP contribution in [0.5, 0.6) is 5.75 Å². The molecular weight excluding hydrogens is 378 g/mol. The van der Waals surface area contributed by atoms with Crippen molar-refractivity contribution in [3.05, 3.63) is 46.8 Å². The second-order valence-corrected chi connectivity index (χ2v) is 7.06. The van der Waals surface area contributed by atoms with E-state index in [0.717, 1.165) is 61.2 Å². The first-order valence-electron chi connectivity index (χ1n) is 10.9. The highest BCUT2D eigenvalue weighted by Gasteiger charge is 2.19. The molecule has 30 heavy (non-hydrogen) atoms. The molecule has 166 valence electrons. The lowest BCUT2D eigenvalue weighted by molar-refractivity contribution is 0.218. The molecule has 7 nitrogen and oxygen atoms in total. The van der Waals surface area contributed by atoms with E-state index in [9.17, 15) is 0 Å². The number of aryl methyl sites for hydroxylation is 2. The van der Waals surface area contributed by atoms with Gasteiger partial charge >= 0.3 is 0 Å². The quantitative estimate of drug-likeness (QED) is 0.432. The summed E-state index contributed by atoms with van der Waals surface area (Å²) in [6.07, 6.45) is 1.68. The lowest BCUT2D eigenvalue weighted by Crippen LogP contribution is -2.43. The molecule has 1 heterocycles. The third-order valence-corrected chi connectivity index (χ3v) is 5.46. The predicted molar refractivity (Wildman–Crippen MR) is 122 cm³/mol. The highest BCUT2D eigenvalue weighted by molar-refractivity contribution is 5.79. The number of benzene rings is 1. The lowest BCUT2D eigenvalue weighted by Gasteiger charge is -2.31. The van der Waals surface area contributed by atoms with Gasteiger partial charge in [-0.05, 0) is 37.2 Å². The van der Waals surface area contributed by atoms with Gasteiger partial charge in [0.1, 0.15) is 11.5 Å². The molecule has 1 aromatic heterocycles. The number of guanidine groups is 1. The smallest absolute Gasteiger partial charge is 0.191 e. The van der Waals surface area contributed by atoms with Crippen molar-refractivity contribution < 1.29 is 9.26 Å². The largest absolute Gasteiger partial charge is 0.497 e. The number of hydrogen-bond donors (Lipinski definition) is 2. The Bertz CT molecular complexity index is 777. The number of likely N-dealkylation sites (N-methyl/N-ethyl adjacent to an activating group) is 1. The van der Waals surface area contributed by atoms with E-state index in [2.05, 4.69) is 65.5 Å². The predicted octanol–water partition coefficient (Wildman–Crippen LogP) is 3.56. The van der Waals surface area contributed by atoms with Crippen molar-refractivity contribution >= 4 is 5.96 Å². The molecule has 0 spiro atoms. The number of nitrogens with one attached hydrogen (secondary N) is 2. The molecule has 2 N–H and O–H groups in total. The highest BCUT2D eigenvalue weighted by atomic mass is 16.5. The fourth-order valence-electron chi connectivity index (χ4n) is 3.69. The molecule has 7 heteroatoms. The number of aromatic nitrogens is 1. The topological polar surface area (TPSA) is 74.9 Å². The standard InChI is InChI=1S/C23H37N5O2/c1-7-20-19(22(8-2)30-27-20)15-25-23(24-5)26-16-21(28(9-3)10-4)17-12-11-13-18(14-17)29-6/h11-14,21H,7-10,15-16H2,1-6H3,(H2,24,25,26). The van der Waals surface area contributed by atoms with Crippen LogP contribution in [0.3, 0.4) is 0 Å². The second kappa shape index (κ2) is 12.2. The van der Waals surface area contributed by atoms with Crippen molar-refractivity contribution in [1.29, 1.82) is 0 Å². The Morgan fingerprint density at radius 1 is 1.17 bits per heavy atom. The Hall–Kier alpha value is -2.54. The summed E-state index contributed by atoms with van der Waals surface area (Å²) in [5.41, 5.74) is 3.37. The average Bonchev–Trinajstić information content (AvgIpc) is 3.20. The van der Waals surface area contributed by atoms with Crippen molar-refractivity contribution in [3.8, 4) is 5.75 Å². The maximum Gasteiger partial charge on any atom is 0.191 e. The van der Waals surface area contributed by atoms with Crippen LogP contribution in [0.1, 0.15) is 56.3 Å². The zero-order valence-electron chi connectivity index (χ0n) is 19.3. The van der Waals surface area contributed by atoms with E-state index in [0.29, 0.717) is 6.54 Å². The normalized spacial score (nSPS) is 12.8. The van der Waals surface area contributed by atoms with E-state index >= 15 is 0 Å². The summed E-state index contributed by atoms with van der Waals surface area (Å²) < 4.78 is 10.9. The second-order valence-electron chi connectivity index (χ2n) is 7.06. The van der Waals surface area contributed by atoms with Crippen LogP contribution in [-0.4, -0.2) is 49.8 Å². The number of ether oxygens (including phenoxy) is 1. The van der Waals surface area contributed by atoms with E-state index in [1.54, 1.807) is 14.2 Å². The van der Waals surface area contributed by atoms with E-state index < -0.39 is 0 Å². The number of methoxy groups -OCH3 is 1. The summed E-state index contributed by atoms with van der Waals surface area (Å²) in [5, 5.41) is 11.1. The van der Waals surface area contributed by atoms with Crippen molar-refractivity contribution in [3.63, 3.8) is 0 Å². The Morgan fingerprint density at radius 2 is 1.93 bits per heavy atom. The summed E-state index contributed by atoms with van der Waals surface area (Å²) in [6, 6.07) is 8.50. The molecule has 2 rings (SSSR count). The summed E-state index contributed by atoms with van der Waals surface area (Å²) in [6.45, 7) is 11.9. The van der Waals surface area contributed by atoms with Crippen LogP contribution in [0, 0.1) is 0 Å². The van der Waals surface area contributed by atoms with Gasteiger partial charge in [-0.15, -0.1) is 0 Å². The molecule has 0 aliphatic rings. The van der Waals surface area contributed by atoms with Gasteiger partial charge in [0.15, 0.2) is 5.96 Å². The summed E-state index contributed by atoms with van der Waals surface area (Å²) in [5.74, 6) is 2.58. The molecule has 1 unspecified atom stereocenters. The monoisotopic (exact) mass is 415 g/mol. The average molecular weight is 416 g/mol. The van der Waals surface area contributed by atoms with E-state index in [4.69, 9.17) is 9.26 Å². The molecule has 0 aliphatic carbocycles. The minimum atomic E-state index is 0.210. The summed E-state index contributed by atoms with van der Waals surface area (Å²) in [4.78, 5) is 6.84. The Balaban J connectivity index is 2.10. The fourth-order valence-corrected chi connectivity index (χ4v) is 3.69. The Kier molecular flexibility index (Phi) is 9.67. The third-order valence-electron chi connectivity index (χ3n) is 5.46. The molecule has 0 fully saturated rings. The maximum atomic E-state index is 5.47. The minimum Gasteiger partial charge on any atom is -0.497 e. The summed E-state index contributed by atoms with van der Waals surface area (Å²) >= 11 is 0. The molecule has 1 atom stereocenters. The zero-order valence-corrected chi connectivity index (χ0v) is 19.3. The zero-order chi connectivity index (χ0) is 21.9. The van der Waals surface area contributed by atoms with Gasteiger partial charge in [0.2, 0.25) is 0 Å². The molecule has 0 bridgehead atoms. The maximum absolute atomic E-state index is 5.47. The van der Waals surface area contributed by atoms with Crippen LogP contribution in [0.2, 0.25) is 0 Å². The first-order valence-corrected chi connectivity index (χ1v) is 10.9. The molecule has 0 saturated carbocycles. The summed E-state index contributed by atoms with van der Waals surface area (Å²) in [7, 11) is 3.50. The van der Waals surface area contributed by atoms with Crippen LogP contribution in [0.4, 0.5) is 0 Å². The number of nitrogens with zero attached hydrogens (tertiary/aromatic N) is 3. The van der Waals surface area contributed by atoms with Crippen LogP contribution in [0.15, 0.2) is 33.8 Å². The number of hydrogen-bond acceptors (Lipinski definition) is 5. The van der Waals surface area contributed by atoms with E-state index in [1.165, 1.54) is 5.56 Å². The van der Waals surface area contributed by atoms with Gasteiger partial charge in [0, 0.05) is 32.1 Å². The fraction of sp³-hybridized carbons (Fsp3) is 0.565. The first-order chi connectivity index (χ1) is 14.6. The van der Waals surface area contributed by atoms with Gasteiger partial charge in [0.25, 0.3) is 0 Å².